The predicted molar refractivity (Wildman–Crippen MR) is 95.1 cm³/mol. The summed E-state index contributed by atoms with van der Waals surface area (Å²) >= 11 is 0. The molecule has 0 aliphatic carbocycles. The van der Waals surface area contributed by atoms with Crippen molar-refractivity contribution >= 4 is 11.8 Å². The second-order valence-corrected chi connectivity index (χ2v) is 6.37. The standard InChI is InChI=1S/C19H24N4O2/c1-4-22-12-17(14(2)20-22)19(25)21-10-11-23(15(3)24)18(13-21)16-8-6-5-7-9-16/h5-9,12,18H,4,10-11,13H2,1-3H3/t18-/m0/s1. The number of carbonyl (C=O) groups is 2. The van der Waals surface area contributed by atoms with E-state index in [4.69, 9.17) is 0 Å². The molecule has 0 unspecified atom stereocenters. The van der Waals surface area contributed by atoms with Gasteiger partial charge in [-0.25, -0.2) is 0 Å². The first-order valence-electron chi connectivity index (χ1n) is 8.66. The fourth-order valence-electron chi connectivity index (χ4n) is 3.36. The van der Waals surface area contributed by atoms with Gasteiger partial charge in [0.25, 0.3) is 5.91 Å². The van der Waals surface area contributed by atoms with E-state index < -0.39 is 0 Å². The van der Waals surface area contributed by atoms with Crippen LogP contribution in [0, 0.1) is 6.92 Å². The molecule has 132 valence electrons. The molecule has 1 aromatic heterocycles. The first-order chi connectivity index (χ1) is 12.0. The number of hydrogen-bond acceptors (Lipinski definition) is 3. The van der Waals surface area contributed by atoms with Gasteiger partial charge in [-0.15, -0.1) is 0 Å². The average molecular weight is 340 g/mol. The summed E-state index contributed by atoms with van der Waals surface area (Å²) in [4.78, 5) is 28.7. The normalized spacial score (nSPS) is 17.6. The van der Waals surface area contributed by atoms with Crippen molar-refractivity contribution in [3.63, 3.8) is 0 Å². The zero-order valence-electron chi connectivity index (χ0n) is 15.0. The molecule has 1 atom stereocenters. The molecule has 1 saturated heterocycles. The smallest absolute Gasteiger partial charge is 0.257 e. The van der Waals surface area contributed by atoms with Crippen molar-refractivity contribution in [3.8, 4) is 0 Å². The molecule has 2 amide bonds. The van der Waals surface area contributed by atoms with Crippen molar-refractivity contribution in [2.24, 2.45) is 0 Å². The summed E-state index contributed by atoms with van der Waals surface area (Å²) in [6.45, 7) is 7.76. The van der Waals surface area contributed by atoms with Crippen LogP contribution in [0.1, 0.15) is 41.5 Å². The Kier molecular flexibility index (Phi) is 4.88. The molecule has 25 heavy (non-hydrogen) atoms. The SMILES string of the molecule is CCn1cc(C(=O)N2CCN(C(C)=O)[C@H](c3ccccc3)C2)c(C)n1. The van der Waals surface area contributed by atoms with E-state index in [-0.39, 0.29) is 17.9 Å². The third-order valence-corrected chi connectivity index (χ3v) is 4.76. The van der Waals surface area contributed by atoms with Crippen LogP contribution in [0.3, 0.4) is 0 Å². The van der Waals surface area contributed by atoms with Crippen LogP contribution in [0.2, 0.25) is 0 Å². The zero-order valence-corrected chi connectivity index (χ0v) is 15.0. The summed E-state index contributed by atoms with van der Waals surface area (Å²) in [5.74, 6) is 0.0252. The van der Waals surface area contributed by atoms with Gasteiger partial charge in [-0.3, -0.25) is 14.3 Å². The molecule has 1 aliphatic rings. The van der Waals surface area contributed by atoms with Crippen LogP contribution in [0.25, 0.3) is 0 Å². The van der Waals surface area contributed by atoms with Crippen LogP contribution in [0.5, 0.6) is 0 Å². The van der Waals surface area contributed by atoms with Gasteiger partial charge >= 0.3 is 0 Å². The molecule has 0 radical (unpaired) electrons. The number of carbonyl (C=O) groups excluding carboxylic acids is 2. The minimum atomic E-state index is -0.113. The summed E-state index contributed by atoms with van der Waals surface area (Å²) in [6, 6.07) is 9.78. The Labute approximate surface area is 148 Å². The van der Waals surface area contributed by atoms with E-state index >= 15 is 0 Å². The quantitative estimate of drug-likeness (QED) is 0.861. The van der Waals surface area contributed by atoms with Crippen LogP contribution < -0.4 is 0 Å². The second-order valence-electron chi connectivity index (χ2n) is 6.37. The van der Waals surface area contributed by atoms with Gasteiger partial charge in [0.15, 0.2) is 0 Å². The lowest BCUT2D eigenvalue weighted by atomic mass is 10.0. The topological polar surface area (TPSA) is 58.4 Å². The van der Waals surface area contributed by atoms with Crippen LogP contribution >= 0.6 is 0 Å². The highest BCUT2D eigenvalue weighted by atomic mass is 16.2. The Bertz CT molecular complexity index is 769. The number of hydrogen-bond donors (Lipinski definition) is 0. The second kappa shape index (κ2) is 7.09. The van der Waals surface area contributed by atoms with Gasteiger partial charge in [0.1, 0.15) is 0 Å². The fourth-order valence-corrected chi connectivity index (χ4v) is 3.36. The lowest BCUT2D eigenvalue weighted by molar-refractivity contribution is -0.133. The van der Waals surface area contributed by atoms with E-state index in [9.17, 15) is 9.59 Å². The highest BCUT2D eigenvalue weighted by molar-refractivity contribution is 5.95. The molecular weight excluding hydrogens is 316 g/mol. The minimum Gasteiger partial charge on any atom is -0.334 e. The molecule has 1 aromatic carbocycles. The summed E-state index contributed by atoms with van der Waals surface area (Å²) in [5, 5.41) is 4.37. The van der Waals surface area contributed by atoms with E-state index in [2.05, 4.69) is 5.10 Å². The van der Waals surface area contributed by atoms with Crippen molar-refractivity contribution in [1.82, 2.24) is 19.6 Å². The Morgan fingerprint density at radius 1 is 1.20 bits per heavy atom. The van der Waals surface area contributed by atoms with Crippen LogP contribution in [-0.4, -0.2) is 51.0 Å². The highest BCUT2D eigenvalue weighted by Crippen LogP contribution is 2.26. The zero-order chi connectivity index (χ0) is 18.0. The van der Waals surface area contributed by atoms with Crippen molar-refractivity contribution < 1.29 is 9.59 Å². The van der Waals surface area contributed by atoms with Gasteiger partial charge in [-0.1, -0.05) is 30.3 Å². The van der Waals surface area contributed by atoms with E-state index in [1.54, 1.807) is 11.6 Å². The number of rotatable bonds is 3. The molecule has 3 rings (SSSR count). The summed E-state index contributed by atoms with van der Waals surface area (Å²) in [6.07, 6.45) is 1.81. The van der Waals surface area contributed by atoms with Gasteiger partial charge in [-0.2, -0.15) is 5.10 Å². The van der Waals surface area contributed by atoms with Crippen molar-refractivity contribution in [2.45, 2.75) is 33.4 Å². The third kappa shape index (κ3) is 3.43. The number of amides is 2. The number of piperazine rings is 1. The number of nitrogens with zero attached hydrogens (tertiary/aromatic N) is 4. The predicted octanol–water partition coefficient (Wildman–Crippen LogP) is 2.26. The van der Waals surface area contributed by atoms with E-state index in [0.717, 1.165) is 17.8 Å². The van der Waals surface area contributed by atoms with E-state index in [1.165, 1.54) is 0 Å². The van der Waals surface area contributed by atoms with Crippen LogP contribution in [-0.2, 0) is 11.3 Å². The molecule has 0 spiro atoms. The molecular formula is C19H24N4O2. The Morgan fingerprint density at radius 2 is 1.92 bits per heavy atom. The molecule has 0 saturated carbocycles. The Hall–Kier alpha value is -2.63. The number of aromatic nitrogens is 2. The summed E-state index contributed by atoms with van der Waals surface area (Å²) < 4.78 is 1.78. The molecule has 1 aliphatic heterocycles. The van der Waals surface area contributed by atoms with Crippen molar-refractivity contribution in [2.75, 3.05) is 19.6 Å². The molecule has 0 N–H and O–H groups in total. The first-order valence-corrected chi connectivity index (χ1v) is 8.66. The molecule has 2 heterocycles. The van der Waals surface area contributed by atoms with Gasteiger partial charge < -0.3 is 9.80 Å². The molecule has 6 nitrogen and oxygen atoms in total. The Morgan fingerprint density at radius 3 is 2.52 bits per heavy atom. The summed E-state index contributed by atoms with van der Waals surface area (Å²) in [5.41, 5.74) is 2.44. The van der Waals surface area contributed by atoms with Gasteiger partial charge in [0.05, 0.1) is 17.3 Å². The first kappa shape index (κ1) is 17.2. The monoisotopic (exact) mass is 340 g/mol. The molecule has 1 fully saturated rings. The van der Waals surface area contributed by atoms with E-state index in [1.807, 2.05) is 60.2 Å². The summed E-state index contributed by atoms with van der Waals surface area (Å²) in [7, 11) is 0. The largest absolute Gasteiger partial charge is 0.334 e. The maximum atomic E-state index is 13.0. The lowest BCUT2D eigenvalue weighted by Gasteiger charge is -2.41. The molecule has 6 heteroatoms. The van der Waals surface area contributed by atoms with Crippen LogP contribution in [0.15, 0.2) is 36.5 Å². The number of aryl methyl sites for hydroxylation is 2. The third-order valence-electron chi connectivity index (χ3n) is 4.76. The highest BCUT2D eigenvalue weighted by Gasteiger charge is 2.33. The van der Waals surface area contributed by atoms with Crippen molar-refractivity contribution in [1.29, 1.82) is 0 Å². The molecule has 2 aromatic rings. The van der Waals surface area contributed by atoms with Crippen molar-refractivity contribution in [3.05, 3.63) is 53.3 Å². The minimum absolute atomic E-state index is 0.0127. The average Bonchev–Trinajstić information content (AvgIpc) is 3.02. The number of benzene rings is 1. The van der Waals surface area contributed by atoms with Crippen LogP contribution in [0.4, 0.5) is 0 Å². The maximum Gasteiger partial charge on any atom is 0.257 e. The fraction of sp³-hybridized carbons (Fsp3) is 0.421. The van der Waals surface area contributed by atoms with Gasteiger partial charge in [0, 0.05) is 39.3 Å². The molecule has 0 bridgehead atoms. The van der Waals surface area contributed by atoms with E-state index in [0.29, 0.717) is 25.2 Å². The lowest BCUT2D eigenvalue weighted by Crippen LogP contribution is -2.51. The van der Waals surface area contributed by atoms with Gasteiger partial charge in [-0.05, 0) is 19.4 Å². The maximum absolute atomic E-state index is 13.0. The Balaban J connectivity index is 1.85. The van der Waals surface area contributed by atoms with Gasteiger partial charge in [0.2, 0.25) is 5.91 Å².